The van der Waals surface area contributed by atoms with Gasteiger partial charge in [-0.3, -0.25) is 0 Å². The molecule has 0 unspecified atom stereocenters. The van der Waals surface area contributed by atoms with E-state index < -0.39 is 0 Å². The van der Waals surface area contributed by atoms with Crippen LogP contribution in [0.2, 0.25) is 0 Å². The maximum absolute atomic E-state index is 4.97. The molecule has 0 aliphatic carbocycles. The molecule has 2 heteroatoms. The Balaban J connectivity index is 2.83. The van der Waals surface area contributed by atoms with Crippen LogP contribution >= 0.6 is 0 Å². The standard InChI is InChI=1S/C9H12NO/c1-10(2)8-4-6-9(11-3)7-5-8/h4-6H,1-3H3. The quantitative estimate of drug-likeness (QED) is 0.634. The van der Waals surface area contributed by atoms with Crippen molar-refractivity contribution in [1.82, 2.24) is 0 Å². The van der Waals surface area contributed by atoms with Crippen molar-refractivity contribution in [1.29, 1.82) is 0 Å². The Kier molecular flexibility index (Phi) is 2.36. The number of benzene rings is 1. The lowest BCUT2D eigenvalue weighted by Crippen LogP contribution is -2.07. The van der Waals surface area contributed by atoms with E-state index in [-0.39, 0.29) is 0 Å². The molecule has 0 heterocycles. The molecule has 1 aromatic carbocycles. The maximum atomic E-state index is 4.97. The first kappa shape index (κ1) is 7.92. The van der Waals surface area contributed by atoms with E-state index in [1.54, 1.807) is 7.11 Å². The number of hydrogen-bond donors (Lipinski definition) is 0. The second kappa shape index (κ2) is 3.28. The van der Waals surface area contributed by atoms with Gasteiger partial charge in [0.2, 0.25) is 0 Å². The Morgan fingerprint density at radius 1 is 1.36 bits per heavy atom. The summed E-state index contributed by atoms with van der Waals surface area (Å²) in [5.41, 5.74) is 1.13. The van der Waals surface area contributed by atoms with Crippen molar-refractivity contribution in [3.8, 4) is 5.75 Å². The molecule has 0 aromatic heterocycles. The van der Waals surface area contributed by atoms with Gasteiger partial charge >= 0.3 is 0 Å². The summed E-state index contributed by atoms with van der Waals surface area (Å²) in [6.45, 7) is 0. The highest BCUT2D eigenvalue weighted by molar-refractivity contribution is 5.46. The topological polar surface area (TPSA) is 12.5 Å². The van der Waals surface area contributed by atoms with Gasteiger partial charge in [0.25, 0.3) is 0 Å². The van der Waals surface area contributed by atoms with Crippen LogP contribution < -0.4 is 9.64 Å². The lowest BCUT2D eigenvalue weighted by molar-refractivity contribution is 0.414. The van der Waals surface area contributed by atoms with Gasteiger partial charge in [0, 0.05) is 25.8 Å². The molecular weight excluding hydrogens is 138 g/mol. The third-order valence-corrected chi connectivity index (χ3v) is 1.50. The van der Waals surface area contributed by atoms with Gasteiger partial charge in [-0.05, 0) is 18.2 Å². The smallest absolute Gasteiger partial charge is 0.126 e. The monoisotopic (exact) mass is 150 g/mol. The molecule has 0 aliphatic rings. The van der Waals surface area contributed by atoms with Gasteiger partial charge in [0.05, 0.1) is 7.11 Å². The first-order valence-corrected chi connectivity index (χ1v) is 3.47. The summed E-state index contributed by atoms with van der Waals surface area (Å²) in [4.78, 5) is 2.02. The summed E-state index contributed by atoms with van der Waals surface area (Å²) < 4.78 is 4.97. The highest BCUT2D eigenvalue weighted by atomic mass is 16.5. The molecule has 11 heavy (non-hydrogen) atoms. The fraction of sp³-hybridized carbons (Fsp3) is 0.333. The molecule has 0 saturated carbocycles. The second-order valence-electron chi connectivity index (χ2n) is 2.51. The fourth-order valence-electron chi connectivity index (χ4n) is 0.808. The van der Waals surface area contributed by atoms with E-state index in [0.29, 0.717) is 0 Å². The zero-order valence-electron chi connectivity index (χ0n) is 7.09. The van der Waals surface area contributed by atoms with Crippen molar-refractivity contribution in [2.45, 2.75) is 0 Å². The predicted octanol–water partition coefficient (Wildman–Crippen LogP) is 1.56. The fourth-order valence-corrected chi connectivity index (χ4v) is 0.808. The first-order chi connectivity index (χ1) is 5.24. The molecule has 1 aromatic rings. The van der Waals surface area contributed by atoms with E-state index in [0.717, 1.165) is 11.4 Å². The maximum Gasteiger partial charge on any atom is 0.126 e. The van der Waals surface area contributed by atoms with E-state index in [1.165, 1.54) is 0 Å². The SMILES string of the molecule is COc1[c]cc(N(C)C)cc1. The van der Waals surface area contributed by atoms with Gasteiger partial charge in [-0.25, -0.2) is 0 Å². The van der Waals surface area contributed by atoms with Crippen LogP contribution in [-0.4, -0.2) is 21.2 Å². The van der Waals surface area contributed by atoms with Crippen molar-refractivity contribution in [2.24, 2.45) is 0 Å². The van der Waals surface area contributed by atoms with Crippen molar-refractivity contribution in [3.05, 3.63) is 24.3 Å². The molecule has 0 N–H and O–H groups in total. The molecule has 1 radical (unpaired) electrons. The minimum atomic E-state index is 0.774. The van der Waals surface area contributed by atoms with Gasteiger partial charge in [0.1, 0.15) is 5.75 Å². The molecule has 0 spiro atoms. The van der Waals surface area contributed by atoms with Gasteiger partial charge < -0.3 is 9.64 Å². The Morgan fingerprint density at radius 2 is 2.09 bits per heavy atom. The van der Waals surface area contributed by atoms with Crippen molar-refractivity contribution < 1.29 is 4.74 Å². The van der Waals surface area contributed by atoms with Crippen LogP contribution in [0.3, 0.4) is 0 Å². The zero-order chi connectivity index (χ0) is 8.27. The molecular formula is C9H12NO. The molecule has 0 atom stereocenters. The predicted molar refractivity (Wildman–Crippen MR) is 46.2 cm³/mol. The number of anilines is 1. The summed E-state index contributed by atoms with van der Waals surface area (Å²) in [6.07, 6.45) is 0. The number of nitrogens with zero attached hydrogens (tertiary/aromatic N) is 1. The molecule has 0 fully saturated rings. The van der Waals surface area contributed by atoms with Crippen LogP contribution in [0, 0.1) is 6.07 Å². The lowest BCUT2D eigenvalue weighted by atomic mass is 10.3. The Morgan fingerprint density at radius 3 is 2.45 bits per heavy atom. The highest BCUT2D eigenvalue weighted by Gasteiger charge is 1.94. The molecule has 1 rings (SSSR count). The highest BCUT2D eigenvalue weighted by Crippen LogP contribution is 2.15. The van der Waals surface area contributed by atoms with Crippen molar-refractivity contribution in [2.75, 3.05) is 26.1 Å². The molecule has 59 valence electrons. The Labute approximate surface area is 67.4 Å². The minimum absolute atomic E-state index is 0.774. The second-order valence-corrected chi connectivity index (χ2v) is 2.51. The number of rotatable bonds is 2. The lowest BCUT2D eigenvalue weighted by Gasteiger charge is -2.11. The van der Waals surface area contributed by atoms with Gasteiger partial charge in [-0.1, -0.05) is 0 Å². The minimum Gasteiger partial charge on any atom is -0.496 e. The summed E-state index contributed by atoms with van der Waals surface area (Å²) in [5.74, 6) is 0.774. The van der Waals surface area contributed by atoms with Crippen LogP contribution in [0.5, 0.6) is 5.75 Å². The third-order valence-electron chi connectivity index (χ3n) is 1.50. The van der Waals surface area contributed by atoms with Crippen LogP contribution in [0.4, 0.5) is 5.69 Å². The summed E-state index contributed by atoms with van der Waals surface area (Å²) in [7, 11) is 5.63. The van der Waals surface area contributed by atoms with E-state index in [4.69, 9.17) is 4.74 Å². The molecule has 0 bridgehead atoms. The molecule has 0 amide bonds. The van der Waals surface area contributed by atoms with Crippen LogP contribution in [-0.2, 0) is 0 Å². The summed E-state index contributed by atoms with van der Waals surface area (Å²) >= 11 is 0. The Hall–Kier alpha value is -1.18. The van der Waals surface area contributed by atoms with Crippen LogP contribution in [0.15, 0.2) is 18.2 Å². The number of methoxy groups -OCH3 is 1. The van der Waals surface area contributed by atoms with E-state index in [9.17, 15) is 0 Å². The van der Waals surface area contributed by atoms with Crippen LogP contribution in [0.1, 0.15) is 0 Å². The van der Waals surface area contributed by atoms with Crippen molar-refractivity contribution in [3.63, 3.8) is 0 Å². The van der Waals surface area contributed by atoms with Gasteiger partial charge in [-0.15, -0.1) is 0 Å². The average Bonchev–Trinajstić information content (AvgIpc) is 2.05. The molecule has 0 saturated heterocycles. The average molecular weight is 150 g/mol. The first-order valence-electron chi connectivity index (χ1n) is 3.47. The summed E-state index contributed by atoms with van der Waals surface area (Å²) in [6, 6.07) is 8.80. The summed E-state index contributed by atoms with van der Waals surface area (Å²) in [5, 5.41) is 0. The molecule has 2 nitrogen and oxygen atoms in total. The van der Waals surface area contributed by atoms with Gasteiger partial charge in [0.15, 0.2) is 0 Å². The zero-order valence-corrected chi connectivity index (χ0v) is 7.09. The van der Waals surface area contributed by atoms with E-state index in [2.05, 4.69) is 6.07 Å². The van der Waals surface area contributed by atoms with Crippen molar-refractivity contribution >= 4 is 5.69 Å². The normalized spacial score (nSPS) is 9.36. The van der Waals surface area contributed by atoms with E-state index >= 15 is 0 Å². The number of ether oxygens (including phenoxy) is 1. The van der Waals surface area contributed by atoms with Crippen LogP contribution in [0.25, 0.3) is 0 Å². The van der Waals surface area contributed by atoms with Gasteiger partial charge in [-0.2, -0.15) is 0 Å². The Bertz CT molecular complexity index is 216. The number of hydrogen-bond acceptors (Lipinski definition) is 2. The molecule has 0 aliphatic heterocycles. The largest absolute Gasteiger partial charge is 0.496 e. The van der Waals surface area contributed by atoms with E-state index in [1.807, 2.05) is 37.2 Å². The third kappa shape index (κ3) is 1.87.